The molecule has 0 saturated carbocycles. The molecule has 1 aromatic carbocycles. The van der Waals surface area contributed by atoms with Crippen LogP contribution in [0.2, 0.25) is 0 Å². The molecule has 0 aliphatic carbocycles. The first-order valence-electron chi connectivity index (χ1n) is 9.80. The number of amides is 4. The molecule has 4 amide bonds. The van der Waals surface area contributed by atoms with Gasteiger partial charge in [0.05, 0.1) is 5.69 Å². The maximum Gasteiger partial charge on any atom is 0.323 e. The fraction of sp³-hybridized carbons (Fsp3) is 0.381. The number of aromatic nitrogens is 1. The van der Waals surface area contributed by atoms with E-state index in [4.69, 9.17) is 0 Å². The van der Waals surface area contributed by atoms with Gasteiger partial charge in [-0.15, -0.1) is 0 Å². The van der Waals surface area contributed by atoms with Crippen LogP contribution in [0.15, 0.2) is 36.5 Å². The molecule has 3 rings (SSSR count). The molecule has 1 aliphatic rings. The van der Waals surface area contributed by atoms with Crippen molar-refractivity contribution in [1.82, 2.24) is 19.7 Å². The van der Waals surface area contributed by atoms with E-state index >= 15 is 0 Å². The Morgan fingerprint density at radius 2 is 1.87 bits per heavy atom. The number of benzene rings is 1. The summed E-state index contributed by atoms with van der Waals surface area (Å²) in [6, 6.07) is 7.82. The summed E-state index contributed by atoms with van der Waals surface area (Å²) in [5.74, 6) is -0.453. The lowest BCUT2D eigenvalue weighted by atomic mass is 10.1. The van der Waals surface area contributed by atoms with Crippen LogP contribution in [-0.2, 0) is 6.54 Å². The topological polar surface area (TPSA) is 80.8 Å². The smallest absolute Gasteiger partial charge is 0.323 e. The van der Waals surface area contributed by atoms with Crippen molar-refractivity contribution >= 4 is 23.4 Å². The molecule has 0 atom stereocenters. The Labute approximate surface area is 175 Å². The van der Waals surface area contributed by atoms with Crippen LogP contribution < -0.4 is 10.6 Å². The van der Waals surface area contributed by atoms with E-state index in [0.29, 0.717) is 44.0 Å². The molecule has 9 heteroatoms. The molecule has 2 N–H and O–H groups in total. The maximum absolute atomic E-state index is 15.0. The molecule has 0 spiro atoms. The molecule has 0 bridgehead atoms. The maximum atomic E-state index is 15.0. The van der Waals surface area contributed by atoms with Crippen molar-refractivity contribution in [3.8, 4) is 0 Å². The van der Waals surface area contributed by atoms with E-state index in [1.54, 1.807) is 54.4 Å². The van der Waals surface area contributed by atoms with Crippen LogP contribution in [0.25, 0.3) is 0 Å². The fourth-order valence-electron chi connectivity index (χ4n) is 3.33. The Hall–Kier alpha value is -3.20. The Morgan fingerprint density at radius 1 is 1.13 bits per heavy atom. The summed E-state index contributed by atoms with van der Waals surface area (Å²) in [6.07, 6.45) is 1.60. The Kier molecular flexibility index (Phi) is 6.83. The molecule has 2 aromatic rings. The molecule has 0 unspecified atom stereocenters. The molecule has 1 saturated heterocycles. The number of hydrogen-bond donors (Lipinski definition) is 2. The van der Waals surface area contributed by atoms with Crippen LogP contribution in [-0.4, -0.2) is 72.0 Å². The van der Waals surface area contributed by atoms with Gasteiger partial charge in [0, 0.05) is 70.0 Å². The van der Waals surface area contributed by atoms with E-state index < -0.39 is 11.8 Å². The molecule has 1 aliphatic heterocycles. The van der Waals surface area contributed by atoms with Gasteiger partial charge in [-0.1, -0.05) is 12.1 Å². The van der Waals surface area contributed by atoms with Gasteiger partial charge in [0.15, 0.2) is 5.82 Å². The molecule has 2 heterocycles. The minimum Gasteiger partial charge on any atom is -0.331 e. The number of urea groups is 2. The zero-order valence-electron chi connectivity index (χ0n) is 17.5. The van der Waals surface area contributed by atoms with Gasteiger partial charge in [-0.2, -0.15) is 0 Å². The van der Waals surface area contributed by atoms with Gasteiger partial charge < -0.3 is 20.4 Å². The second-order valence-electron chi connectivity index (χ2n) is 7.48. The predicted molar refractivity (Wildman–Crippen MR) is 114 cm³/mol. The van der Waals surface area contributed by atoms with Gasteiger partial charge in [-0.05, 0) is 25.1 Å². The van der Waals surface area contributed by atoms with Crippen molar-refractivity contribution in [2.24, 2.45) is 0 Å². The lowest BCUT2D eigenvalue weighted by molar-refractivity contribution is 0.119. The van der Waals surface area contributed by atoms with Gasteiger partial charge >= 0.3 is 12.1 Å². The summed E-state index contributed by atoms with van der Waals surface area (Å²) in [4.78, 5) is 33.8. The van der Waals surface area contributed by atoms with Gasteiger partial charge in [-0.25, -0.2) is 14.0 Å². The van der Waals surface area contributed by atoms with Gasteiger partial charge in [0.25, 0.3) is 0 Å². The highest BCUT2D eigenvalue weighted by molar-refractivity contribution is 5.99. The van der Waals surface area contributed by atoms with Gasteiger partial charge in [-0.3, -0.25) is 9.88 Å². The van der Waals surface area contributed by atoms with E-state index in [0.717, 1.165) is 5.69 Å². The first-order chi connectivity index (χ1) is 14.3. The van der Waals surface area contributed by atoms with Crippen LogP contribution in [0.3, 0.4) is 0 Å². The molecular formula is C21H27FN6O2. The number of nitrogens with zero attached hydrogens (tertiary/aromatic N) is 4. The second-order valence-corrected chi connectivity index (χ2v) is 7.48. The predicted octanol–water partition coefficient (Wildman–Crippen LogP) is 2.97. The number of carbonyl (C=O) groups is 2. The molecule has 1 aromatic heterocycles. The zero-order chi connectivity index (χ0) is 21.7. The summed E-state index contributed by atoms with van der Waals surface area (Å²) in [5.41, 5.74) is 1.98. The van der Waals surface area contributed by atoms with Crippen molar-refractivity contribution in [2.75, 3.05) is 50.9 Å². The number of aryl methyl sites for hydroxylation is 1. The SMILES string of the molecule is Cc1cc(NC(=O)Nc2cccc(CN3CCN(C(=O)N(C)C)CC3)c2F)ccn1. The molecule has 30 heavy (non-hydrogen) atoms. The van der Waals surface area contributed by atoms with E-state index in [1.165, 1.54) is 6.07 Å². The summed E-state index contributed by atoms with van der Waals surface area (Å²) in [7, 11) is 3.46. The summed E-state index contributed by atoms with van der Waals surface area (Å²) in [6.45, 7) is 4.77. The van der Waals surface area contributed by atoms with E-state index in [-0.39, 0.29) is 11.7 Å². The standard InChI is InChI=1S/C21H27FN6O2/c1-15-13-17(7-8-23-15)24-20(29)25-18-6-4-5-16(19(18)22)14-27-9-11-28(12-10-27)21(30)26(2)3/h4-8,13H,9-12,14H2,1-3H3,(H2,23,24,25,29). The normalized spacial score (nSPS) is 14.3. The highest BCUT2D eigenvalue weighted by Gasteiger charge is 2.23. The quantitative estimate of drug-likeness (QED) is 0.806. The summed E-state index contributed by atoms with van der Waals surface area (Å²) in [5, 5.41) is 5.24. The Bertz CT molecular complexity index is 912. The van der Waals surface area contributed by atoms with Crippen molar-refractivity contribution in [2.45, 2.75) is 13.5 Å². The third-order valence-corrected chi connectivity index (χ3v) is 4.90. The molecule has 160 valence electrons. The number of carbonyl (C=O) groups excluding carboxylic acids is 2. The van der Waals surface area contributed by atoms with E-state index in [9.17, 15) is 14.0 Å². The van der Waals surface area contributed by atoms with Crippen LogP contribution in [0, 0.1) is 12.7 Å². The fourth-order valence-corrected chi connectivity index (χ4v) is 3.33. The average Bonchev–Trinajstić information content (AvgIpc) is 2.71. The number of pyridine rings is 1. The second kappa shape index (κ2) is 9.53. The van der Waals surface area contributed by atoms with Crippen LogP contribution in [0.5, 0.6) is 0 Å². The number of nitrogens with one attached hydrogen (secondary N) is 2. The van der Waals surface area contributed by atoms with Crippen molar-refractivity contribution < 1.29 is 14.0 Å². The Balaban J connectivity index is 1.58. The summed E-state index contributed by atoms with van der Waals surface area (Å²) < 4.78 is 15.0. The van der Waals surface area contributed by atoms with E-state index in [1.807, 2.05) is 6.92 Å². The molecule has 1 fully saturated rings. The average molecular weight is 414 g/mol. The number of halogens is 1. The van der Waals surface area contributed by atoms with Gasteiger partial charge in [0.1, 0.15) is 0 Å². The number of anilines is 2. The monoisotopic (exact) mass is 414 g/mol. The zero-order valence-corrected chi connectivity index (χ0v) is 17.5. The molecule has 0 radical (unpaired) electrons. The van der Waals surface area contributed by atoms with Gasteiger partial charge in [0.2, 0.25) is 0 Å². The van der Waals surface area contributed by atoms with Crippen LogP contribution in [0.4, 0.5) is 25.4 Å². The molecular weight excluding hydrogens is 387 g/mol. The van der Waals surface area contributed by atoms with Crippen LogP contribution in [0.1, 0.15) is 11.3 Å². The van der Waals surface area contributed by atoms with Crippen molar-refractivity contribution in [3.05, 3.63) is 53.6 Å². The minimum absolute atomic E-state index is 0.0116. The van der Waals surface area contributed by atoms with Crippen molar-refractivity contribution in [1.29, 1.82) is 0 Å². The minimum atomic E-state index is -0.521. The highest BCUT2D eigenvalue weighted by atomic mass is 19.1. The third-order valence-electron chi connectivity index (χ3n) is 4.90. The number of piperazine rings is 1. The Morgan fingerprint density at radius 3 is 2.53 bits per heavy atom. The first-order valence-corrected chi connectivity index (χ1v) is 9.80. The van der Waals surface area contributed by atoms with E-state index in [2.05, 4.69) is 20.5 Å². The summed E-state index contributed by atoms with van der Waals surface area (Å²) >= 11 is 0. The highest BCUT2D eigenvalue weighted by Crippen LogP contribution is 2.21. The number of hydrogen-bond acceptors (Lipinski definition) is 4. The largest absolute Gasteiger partial charge is 0.331 e. The van der Waals surface area contributed by atoms with Crippen LogP contribution >= 0.6 is 0 Å². The first kappa shape index (κ1) is 21.5. The molecule has 8 nitrogen and oxygen atoms in total. The number of rotatable bonds is 4. The van der Waals surface area contributed by atoms with Crippen molar-refractivity contribution in [3.63, 3.8) is 0 Å². The lowest BCUT2D eigenvalue weighted by Crippen LogP contribution is -2.51. The lowest BCUT2D eigenvalue weighted by Gasteiger charge is -2.36. The third kappa shape index (κ3) is 5.44.